The molecule has 0 unspecified atom stereocenters. The van der Waals surface area contributed by atoms with Gasteiger partial charge in [0.1, 0.15) is 5.75 Å². The van der Waals surface area contributed by atoms with Gasteiger partial charge in [-0.25, -0.2) is 0 Å². The second kappa shape index (κ2) is 6.61. The predicted molar refractivity (Wildman–Crippen MR) is 78.4 cm³/mol. The SMILES string of the molecule is COC(=O)[C@H]1CCCN(C(=O)c2cc(C)ccc2OC)C1. The van der Waals surface area contributed by atoms with E-state index in [2.05, 4.69) is 0 Å². The fourth-order valence-electron chi connectivity index (χ4n) is 2.68. The summed E-state index contributed by atoms with van der Waals surface area (Å²) in [6.07, 6.45) is 1.57. The zero-order chi connectivity index (χ0) is 15.4. The van der Waals surface area contributed by atoms with Crippen LogP contribution in [-0.2, 0) is 9.53 Å². The van der Waals surface area contributed by atoms with E-state index in [-0.39, 0.29) is 17.8 Å². The van der Waals surface area contributed by atoms with Gasteiger partial charge in [0, 0.05) is 13.1 Å². The molecular weight excluding hydrogens is 270 g/mol. The minimum absolute atomic E-state index is 0.0934. The Bertz CT molecular complexity index is 541. The van der Waals surface area contributed by atoms with Crippen molar-refractivity contribution in [3.63, 3.8) is 0 Å². The molecule has 1 saturated heterocycles. The number of hydrogen-bond donors (Lipinski definition) is 0. The number of aryl methyl sites for hydroxylation is 1. The summed E-state index contributed by atoms with van der Waals surface area (Å²) >= 11 is 0. The van der Waals surface area contributed by atoms with Crippen LogP contribution in [0, 0.1) is 12.8 Å². The molecule has 1 heterocycles. The van der Waals surface area contributed by atoms with Crippen molar-refractivity contribution >= 4 is 11.9 Å². The molecule has 2 rings (SSSR count). The third-order valence-electron chi connectivity index (χ3n) is 3.83. The number of amides is 1. The number of hydrogen-bond acceptors (Lipinski definition) is 4. The second-order valence-electron chi connectivity index (χ2n) is 5.32. The van der Waals surface area contributed by atoms with Crippen LogP contribution in [0.15, 0.2) is 18.2 Å². The Morgan fingerprint density at radius 1 is 1.29 bits per heavy atom. The molecule has 1 atom stereocenters. The van der Waals surface area contributed by atoms with Crippen LogP contribution in [0.5, 0.6) is 5.75 Å². The van der Waals surface area contributed by atoms with Crippen LogP contribution < -0.4 is 4.74 Å². The lowest BCUT2D eigenvalue weighted by atomic mass is 9.97. The Labute approximate surface area is 124 Å². The van der Waals surface area contributed by atoms with E-state index < -0.39 is 0 Å². The first kappa shape index (κ1) is 15.4. The third-order valence-corrected chi connectivity index (χ3v) is 3.83. The molecule has 0 radical (unpaired) electrons. The van der Waals surface area contributed by atoms with Crippen molar-refractivity contribution in [3.8, 4) is 5.75 Å². The molecular formula is C16H21NO4. The van der Waals surface area contributed by atoms with Gasteiger partial charge in [0.05, 0.1) is 25.7 Å². The smallest absolute Gasteiger partial charge is 0.310 e. The van der Waals surface area contributed by atoms with Crippen molar-refractivity contribution in [2.75, 3.05) is 27.3 Å². The first-order valence-electron chi connectivity index (χ1n) is 7.08. The van der Waals surface area contributed by atoms with Crippen molar-refractivity contribution in [1.29, 1.82) is 0 Å². The molecule has 5 nitrogen and oxygen atoms in total. The standard InChI is InChI=1S/C16H21NO4/c1-11-6-7-14(20-2)13(9-11)15(18)17-8-4-5-12(10-17)16(19)21-3/h6-7,9,12H,4-5,8,10H2,1-3H3/t12-/m0/s1. The highest BCUT2D eigenvalue weighted by Gasteiger charge is 2.30. The van der Waals surface area contributed by atoms with Crippen LogP contribution in [0.1, 0.15) is 28.8 Å². The monoisotopic (exact) mass is 291 g/mol. The van der Waals surface area contributed by atoms with E-state index in [9.17, 15) is 9.59 Å². The molecule has 114 valence electrons. The minimum atomic E-state index is -0.247. The Morgan fingerprint density at radius 2 is 2.05 bits per heavy atom. The van der Waals surface area contributed by atoms with Gasteiger partial charge in [-0.2, -0.15) is 0 Å². The Kier molecular flexibility index (Phi) is 4.83. The average Bonchev–Trinajstić information content (AvgIpc) is 2.53. The van der Waals surface area contributed by atoms with Gasteiger partial charge >= 0.3 is 5.97 Å². The summed E-state index contributed by atoms with van der Waals surface area (Å²) in [6.45, 7) is 3.00. The first-order chi connectivity index (χ1) is 10.1. The fraction of sp³-hybridized carbons (Fsp3) is 0.500. The number of carbonyl (C=O) groups excluding carboxylic acids is 2. The molecule has 1 amide bonds. The predicted octanol–water partition coefficient (Wildman–Crippen LogP) is 2.03. The van der Waals surface area contributed by atoms with Gasteiger partial charge in [-0.1, -0.05) is 11.6 Å². The fourth-order valence-corrected chi connectivity index (χ4v) is 2.68. The van der Waals surface area contributed by atoms with Gasteiger partial charge in [0.25, 0.3) is 5.91 Å². The second-order valence-corrected chi connectivity index (χ2v) is 5.32. The quantitative estimate of drug-likeness (QED) is 0.800. The van der Waals surface area contributed by atoms with Gasteiger partial charge in [0.2, 0.25) is 0 Å². The topological polar surface area (TPSA) is 55.8 Å². The molecule has 0 aliphatic carbocycles. The highest BCUT2D eigenvalue weighted by molar-refractivity contribution is 5.97. The largest absolute Gasteiger partial charge is 0.496 e. The highest BCUT2D eigenvalue weighted by Crippen LogP contribution is 2.25. The van der Waals surface area contributed by atoms with E-state index in [0.717, 1.165) is 18.4 Å². The lowest BCUT2D eigenvalue weighted by Crippen LogP contribution is -2.42. The number of piperidine rings is 1. The summed E-state index contributed by atoms with van der Waals surface area (Å²) in [5.41, 5.74) is 1.55. The highest BCUT2D eigenvalue weighted by atomic mass is 16.5. The number of methoxy groups -OCH3 is 2. The number of rotatable bonds is 3. The van der Waals surface area contributed by atoms with E-state index in [1.54, 1.807) is 18.1 Å². The molecule has 0 bridgehead atoms. The van der Waals surface area contributed by atoms with Gasteiger partial charge in [0.15, 0.2) is 0 Å². The van der Waals surface area contributed by atoms with Crippen LogP contribution in [0.4, 0.5) is 0 Å². The van der Waals surface area contributed by atoms with E-state index in [4.69, 9.17) is 9.47 Å². The van der Waals surface area contributed by atoms with Crippen molar-refractivity contribution in [1.82, 2.24) is 4.90 Å². The van der Waals surface area contributed by atoms with E-state index in [1.165, 1.54) is 7.11 Å². The van der Waals surface area contributed by atoms with Crippen molar-refractivity contribution in [2.45, 2.75) is 19.8 Å². The summed E-state index contributed by atoms with van der Waals surface area (Å²) in [6, 6.07) is 5.52. The molecule has 21 heavy (non-hydrogen) atoms. The molecule has 1 fully saturated rings. The van der Waals surface area contributed by atoms with E-state index in [0.29, 0.717) is 24.4 Å². The zero-order valence-electron chi connectivity index (χ0n) is 12.7. The summed E-state index contributed by atoms with van der Waals surface area (Å²) in [7, 11) is 2.93. The number of likely N-dealkylation sites (tertiary alicyclic amines) is 1. The molecule has 0 spiro atoms. The molecule has 1 aliphatic heterocycles. The summed E-state index contributed by atoms with van der Waals surface area (Å²) in [5.74, 6) is -0.0119. The first-order valence-corrected chi connectivity index (χ1v) is 7.08. The van der Waals surface area contributed by atoms with Crippen molar-refractivity contribution in [2.24, 2.45) is 5.92 Å². The van der Waals surface area contributed by atoms with Crippen molar-refractivity contribution in [3.05, 3.63) is 29.3 Å². The molecule has 0 saturated carbocycles. The lowest BCUT2D eigenvalue weighted by Gasteiger charge is -2.31. The number of nitrogens with zero attached hydrogens (tertiary/aromatic N) is 1. The van der Waals surface area contributed by atoms with E-state index in [1.807, 2.05) is 19.1 Å². The molecule has 1 aromatic rings. The normalized spacial score (nSPS) is 18.2. The van der Waals surface area contributed by atoms with Gasteiger partial charge in [-0.05, 0) is 31.9 Å². The number of carbonyl (C=O) groups is 2. The number of ether oxygens (including phenoxy) is 2. The molecule has 0 aromatic heterocycles. The van der Waals surface area contributed by atoms with Crippen LogP contribution in [-0.4, -0.2) is 44.1 Å². The van der Waals surface area contributed by atoms with Crippen LogP contribution in [0.2, 0.25) is 0 Å². The average molecular weight is 291 g/mol. The Morgan fingerprint density at radius 3 is 2.71 bits per heavy atom. The maximum atomic E-state index is 12.7. The summed E-state index contributed by atoms with van der Waals surface area (Å²) < 4.78 is 10.1. The maximum Gasteiger partial charge on any atom is 0.310 e. The molecule has 0 N–H and O–H groups in total. The van der Waals surface area contributed by atoms with Gasteiger partial charge < -0.3 is 14.4 Å². The van der Waals surface area contributed by atoms with Crippen molar-refractivity contribution < 1.29 is 19.1 Å². The van der Waals surface area contributed by atoms with E-state index >= 15 is 0 Å². The zero-order valence-corrected chi connectivity index (χ0v) is 12.7. The number of esters is 1. The summed E-state index contributed by atoms with van der Waals surface area (Å²) in [5, 5.41) is 0. The van der Waals surface area contributed by atoms with Crippen LogP contribution in [0.25, 0.3) is 0 Å². The Hall–Kier alpha value is -2.04. The van der Waals surface area contributed by atoms with Crippen LogP contribution >= 0.6 is 0 Å². The molecule has 1 aliphatic rings. The molecule has 5 heteroatoms. The minimum Gasteiger partial charge on any atom is -0.496 e. The van der Waals surface area contributed by atoms with Gasteiger partial charge in [-0.3, -0.25) is 9.59 Å². The molecule has 1 aromatic carbocycles. The number of benzene rings is 1. The van der Waals surface area contributed by atoms with Crippen LogP contribution in [0.3, 0.4) is 0 Å². The maximum absolute atomic E-state index is 12.7. The third kappa shape index (κ3) is 3.35. The Balaban J connectivity index is 2.19. The van der Waals surface area contributed by atoms with Gasteiger partial charge in [-0.15, -0.1) is 0 Å². The lowest BCUT2D eigenvalue weighted by molar-refractivity contribution is -0.146. The summed E-state index contributed by atoms with van der Waals surface area (Å²) in [4.78, 5) is 26.1.